The van der Waals surface area contributed by atoms with E-state index in [-0.39, 0.29) is 6.04 Å². The predicted octanol–water partition coefficient (Wildman–Crippen LogP) is 2.13. The molecule has 1 aromatic rings. The molecule has 0 radical (unpaired) electrons. The summed E-state index contributed by atoms with van der Waals surface area (Å²) in [4.78, 5) is 0. The van der Waals surface area contributed by atoms with Crippen LogP contribution in [-0.4, -0.2) is 29.5 Å². The Labute approximate surface area is 112 Å². The normalized spacial score (nSPS) is 13.0. The van der Waals surface area contributed by atoms with Gasteiger partial charge in [-0.15, -0.1) is 0 Å². The van der Waals surface area contributed by atoms with Gasteiger partial charge in [0.05, 0.1) is 22.5 Å². The zero-order valence-corrected chi connectivity index (χ0v) is 12.5. The van der Waals surface area contributed by atoms with Crippen molar-refractivity contribution in [2.24, 2.45) is 5.73 Å². The molecule has 2 N–H and O–H groups in total. The fourth-order valence-electron chi connectivity index (χ4n) is 1.88. The van der Waals surface area contributed by atoms with Gasteiger partial charge in [0.15, 0.2) is 0 Å². The molecule has 0 aromatic carbocycles. The summed E-state index contributed by atoms with van der Waals surface area (Å²) in [6.07, 6.45) is 2.80. The van der Waals surface area contributed by atoms with Crippen LogP contribution in [0.3, 0.4) is 0 Å². The molecule has 0 saturated heterocycles. The molecule has 0 aliphatic rings. The van der Waals surface area contributed by atoms with Gasteiger partial charge in [-0.1, -0.05) is 6.92 Å². The Hall–Kier alpha value is -0.390. The molecule has 1 aromatic heterocycles. The molecule has 1 unspecified atom stereocenters. The standard InChI is InChI=1S/C12H22BrN3O/c1-4-10-12(13)11(16(5-2)15-10)7-6-9(14)8-17-3/h9H,4-8,14H2,1-3H3. The second-order valence-electron chi connectivity index (χ2n) is 4.13. The largest absolute Gasteiger partial charge is 0.383 e. The molecule has 0 bridgehead atoms. The molecular weight excluding hydrogens is 282 g/mol. The molecule has 5 heteroatoms. The van der Waals surface area contributed by atoms with Gasteiger partial charge < -0.3 is 10.5 Å². The van der Waals surface area contributed by atoms with Gasteiger partial charge in [-0.05, 0) is 42.1 Å². The lowest BCUT2D eigenvalue weighted by Gasteiger charge is -2.11. The van der Waals surface area contributed by atoms with Crippen LogP contribution >= 0.6 is 15.9 Å². The van der Waals surface area contributed by atoms with Gasteiger partial charge in [0.25, 0.3) is 0 Å². The van der Waals surface area contributed by atoms with E-state index in [0.717, 1.165) is 36.0 Å². The quantitative estimate of drug-likeness (QED) is 0.839. The lowest BCUT2D eigenvalue weighted by molar-refractivity contribution is 0.177. The van der Waals surface area contributed by atoms with E-state index in [1.165, 1.54) is 5.69 Å². The lowest BCUT2D eigenvalue weighted by Crippen LogP contribution is -2.26. The van der Waals surface area contributed by atoms with Crippen molar-refractivity contribution in [2.45, 2.75) is 45.7 Å². The summed E-state index contributed by atoms with van der Waals surface area (Å²) in [6.45, 7) is 5.73. The minimum Gasteiger partial charge on any atom is -0.383 e. The minimum atomic E-state index is 0.0946. The monoisotopic (exact) mass is 303 g/mol. The first-order chi connectivity index (χ1) is 8.13. The van der Waals surface area contributed by atoms with Crippen molar-refractivity contribution in [1.29, 1.82) is 0 Å². The van der Waals surface area contributed by atoms with Crippen LogP contribution in [0.1, 0.15) is 31.7 Å². The number of rotatable bonds is 7. The average Bonchev–Trinajstić information content (AvgIpc) is 2.63. The molecule has 0 saturated carbocycles. The van der Waals surface area contributed by atoms with E-state index in [9.17, 15) is 0 Å². The fourth-order valence-corrected chi connectivity index (χ4v) is 2.64. The van der Waals surface area contributed by atoms with E-state index in [1.807, 2.05) is 0 Å². The molecule has 1 rings (SSSR count). The van der Waals surface area contributed by atoms with Gasteiger partial charge in [-0.25, -0.2) is 0 Å². The highest BCUT2D eigenvalue weighted by Crippen LogP contribution is 2.23. The highest BCUT2D eigenvalue weighted by atomic mass is 79.9. The Morgan fingerprint density at radius 2 is 2.18 bits per heavy atom. The van der Waals surface area contributed by atoms with E-state index in [1.54, 1.807) is 7.11 Å². The number of hydrogen-bond donors (Lipinski definition) is 1. The molecule has 17 heavy (non-hydrogen) atoms. The third kappa shape index (κ3) is 3.79. The highest BCUT2D eigenvalue weighted by Gasteiger charge is 2.14. The van der Waals surface area contributed by atoms with Gasteiger partial charge >= 0.3 is 0 Å². The number of aromatic nitrogens is 2. The third-order valence-electron chi connectivity index (χ3n) is 2.83. The zero-order chi connectivity index (χ0) is 12.8. The lowest BCUT2D eigenvalue weighted by atomic mass is 10.1. The summed E-state index contributed by atoms with van der Waals surface area (Å²) in [7, 11) is 1.68. The zero-order valence-electron chi connectivity index (χ0n) is 10.9. The summed E-state index contributed by atoms with van der Waals surface area (Å²) in [5.41, 5.74) is 8.32. The van der Waals surface area contributed by atoms with Gasteiger partial charge in [-0.2, -0.15) is 5.10 Å². The fraction of sp³-hybridized carbons (Fsp3) is 0.750. The summed E-state index contributed by atoms with van der Waals surface area (Å²) in [6, 6.07) is 0.0946. The van der Waals surface area contributed by atoms with E-state index < -0.39 is 0 Å². The first kappa shape index (κ1) is 14.7. The number of aryl methyl sites for hydroxylation is 2. The van der Waals surface area contributed by atoms with Crippen LogP contribution in [0.25, 0.3) is 0 Å². The van der Waals surface area contributed by atoms with Crippen LogP contribution in [0.2, 0.25) is 0 Å². The first-order valence-electron chi connectivity index (χ1n) is 6.12. The molecule has 0 fully saturated rings. The van der Waals surface area contributed by atoms with Crippen molar-refractivity contribution >= 4 is 15.9 Å². The van der Waals surface area contributed by atoms with Gasteiger partial charge in [0.1, 0.15) is 0 Å². The third-order valence-corrected chi connectivity index (χ3v) is 3.74. The van der Waals surface area contributed by atoms with Crippen LogP contribution in [0.5, 0.6) is 0 Å². The second kappa shape index (κ2) is 7.13. The van der Waals surface area contributed by atoms with Crippen LogP contribution in [-0.2, 0) is 24.1 Å². The minimum absolute atomic E-state index is 0.0946. The number of nitrogens with two attached hydrogens (primary N) is 1. The van der Waals surface area contributed by atoms with Crippen LogP contribution in [0, 0.1) is 0 Å². The van der Waals surface area contributed by atoms with E-state index in [0.29, 0.717) is 6.61 Å². The molecule has 1 heterocycles. The number of nitrogens with zero attached hydrogens (tertiary/aromatic N) is 2. The molecular formula is C12H22BrN3O. The van der Waals surface area contributed by atoms with Gasteiger partial charge in [-0.3, -0.25) is 4.68 Å². The molecule has 0 aliphatic carbocycles. The Balaban J connectivity index is 2.72. The van der Waals surface area contributed by atoms with Gasteiger partial charge in [0.2, 0.25) is 0 Å². The number of hydrogen-bond acceptors (Lipinski definition) is 3. The van der Waals surface area contributed by atoms with Crippen molar-refractivity contribution in [3.05, 3.63) is 15.9 Å². The summed E-state index contributed by atoms with van der Waals surface area (Å²) in [5, 5.41) is 4.57. The van der Waals surface area contributed by atoms with Crippen molar-refractivity contribution in [3.63, 3.8) is 0 Å². The van der Waals surface area contributed by atoms with Crippen molar-refractivity contribution in [3.8, 4) is 0 Å². The molecule has 0 aliphatic heterocycles. The smallest absolute Gasteiger partial charge is 0.0766 e. The first-order valence-corrected chi connectivity index (χ1v) is 6.91. The van der Waals surface area contributed by atoms with Crippen LogP contribution in [0.4, 0.5) is 0 Å². The Bertz CT molecular complexity index is 352. The summed E-state index contributed by atoms with van der Waals surface area (Å²) >= 11 is 3.64. The number of methoxy groups -OCH3 is 1. The number of ether oxygens (including phenoxy) is 1. The SMILES string of the molecule is CCc1nn(CC)c(CCC(N)COC)c1Br. The maximum absolute atomic E-state index is 5.94. The van der Waals surface area contributed by atoms with Crippen molar-refractivity contribution < 1.29 is 4.74 Å². The Kier molecular flexibility index (Phi) is 6.16. The van der Waals surface area contributed by atoms with E-state index >= 15 is 0 Å². The molecule has 0 amide bonds. The molecule has 1 atom stereocenters. The average molecular weight is 304 g/mol. The summed E-state index contributed by atoms with van der Waals surface area (Å²) < 4.78 is 8.25. The van der Waals surface area contributed by atoms with Crippen LogP contribution in [0.15, 0.2) is 4.47 Å². The predicted molar refractivity (Wildman–Crippen MR) is 73.2 cm³/mol. The Morgan fingerprint density at radius 3 is 2.71 bits per heavy atom. The maximum Gasteiger partial charge on any atom is 0.0766 e. The van der Waals surface area contributed by atoms with Crippen molar-refractivity contribution in [1.82, 2.24) is 9.78 Å². The Morgan fingerprint density at radius 1 is 1.47 bits per heavy atom. The number of halogens is 1. The topological polar surface area (TPSA) is 53.1 Å². The highest BCUT2D eigenvalue weighted by molar-refractivity contribution is 9.10. The molecule has 0 spiro atoms. The second-order valence-corrected chi connectivity index (χ2v) is 4.92. The van der Waals surface area contributed by atoms with Crippen molar-refractivity contribution in [2.75, 3.05) is 13.7 Å². The summed E-state index contributed by atoms with van der Waals surface area (Å²) in [5.74, 6) is 0. The maximum atomic E-state index is 5.94. The van der Waals surface area contributed by atoms with Crippen LogP contribution < -0.4 is 5.73 Å². The van der Waals surface area contributed by atoms with E-state index in [4.69, 9.17) is 10.5 Å². The van der Waals surface area contributed by atoms with E-state index in [2.05, 4.69) is 39.6 Å². The van der Waals surface area contributed by atoms with Gasteiger partial charge in [0, 0.05) is 19.7 Å². The molecule has 98 valence electrons. The molecule has 4 nitrogen and oxygen atoms in total.